The van der Waals surface area contributed by atoms with Gasteiger partial charge in [-0.3, -0.25) is 0 Å². The number of nitrogens with one attached hydrogen (secondary N) is 1. The summed E-state index contributed by atoms with van der Waals surface area (Å²) in [4.78, 5) is 11.2. The predicted octanol–water partition coefficient (Wildman–Crippen LogP) is 3.90. The van der Waals surface area contributed by atoms with E-state index in [1.165, 1.54) is 6.07 Å². The van der Waals surface area contributed by atoms with Crippen LogP contribution in [0.1, 0.15) is 28.9 Å². The van der Waals surface area contributed by atoms with E-state index in [1.54, 1.807) is 12.1 Å². The number of halogens is 1. The third kappa shape index (κ3) is 3.11. The van der Waals surface area contributed by atoms with Gasteiger partial charge in [0.15, 0.2) is 0 Å². The van der Waals surface area contributed by atoms with Crippen molar-refractivity contribution in [2.45, 2.75) is 13.0 Å². The minimum Gasteiger partial charge on any atom is -0.478 e. The highest BCUT2D eigenvalue weighted by molar-refractivity contribution is 9.10. The van der Waals surface area contributed by atoms with Crippen molar-refractivity contribution in [3.8, 4) is 0 Å². The molecule has 4 nitrogen and oxygen atoms in total. The van der Waals surface area contributed by atoms with Gasteiger partial charge in [-0.25, -0.2) is 4.79 Å². The zero-order valence-electron chi connectivity index (χ0n) is 10.9. The highest BCUT2D eigenvalue weighted by Gasteiger charge is 2.15. The number of para-hydroxylation sites is 1. The molecule has 0 spiro atoms. The summed E-state index contributed by atoms with van der Waals surface area (Å²) in [7, 11) is 0. The monoisotopic (exact) mass is 334 g/mol. The lowest BCUT2D eigenvalue weighted by atomic mass is 10.1. The Kier molecular flexibility index (Phi) is 4.29. The molecule has 0 aliphatic carbocycles. The lowest BCUT2D eigenvalue weighted by molar-refractivity contribution is 0.0698. The van der Waals surface area contributed by atoms with Crippen LogP contribution in [0.4, 0.5) is 11.4 Å². The molecule has 2 aromatic rings. The molecule has 0 radical (unpaired) electrons. The molecule has 5 heteroatoms. The maximum atomic E-state index is 11.2. The first kappa shape index (κ1) is 14.4. The number of anilines is 2. The van der Waals surface area contributed by atoms with Crippen molar-refractivity contribution in [2.24, 2.45) is 0 Å². The van der Waals surface area contributed by atoms with Crippen molar-refractivity contribution in [1.82, 2.24) is 0 Å². The quantitative estimate of drug-likeness (QED) is 0.741. The molecule has 0 fully saturated rings. The van der Waals surface area contributed by atoms with E-state index in [2.05, 4.69) is 21.2 Å². The van der Waals surface area contributed by atoms with Crippen LogP contribution >= 0.6 is 15.9 Å². The van der Waals surface area contributed by atoms with Crippen molar-refractivity contribution in [1.29, 1.82) is 0 Å². The molecule has 0 amide bonds. The van der Waals surface area contributed by atoms with Gasteiger partial charge in [0.25, 0.3) is 0 Å². The predicted molar refractivity (Wildman–Crippen MR) is 84.0 cm³/mol. The number of carbonyl (C=O) groups is 1. The third-order valence-corrected chi connectivity index (χ3v) is 3.59. The number of rotatable bonds is 4. The summed E-state index contributed by atoms with van der Waals surface area (Å²) >= 11 is 3.39. The van der Waals surface area contributed by atoms with E-state index in [1.807, 2.05) is 31.2 Å². The zero-order chi connectivity index (χ0) is 14.7. The van der Waals surface area contributed by atoms with Crippen LogP contribution in [0.15, 0.2) is 46.9 Å². The number of aromatic carboxylic acids is 1. The molecule has 0 heterocycles. The molecule has 0 aliphatic heterocycles. The Bertz CT molecular complexity index is 626. The first-order valence-electron chi connectivity index (χ1n) is 6.13. The second-order valence-corrected chi connectivity index (χ2v) is 5.41. The highest BCUT2D eigenvalue weighted by atomic mass is 79.9. The lowest BCUT2D eigenvalue weighted by Gasteiger charge is -2.19. The molecule has 0 aromatic heterocycles. The summed E-state index contributed by atoms with van der Waals surface area (Å²) in [5.74, 6) is -0.997. The molecule has 2 aromatic carbocycles. The van der Waals surface area contributed by atoms with Crippen LogP contribution in [0.2, 0.25) is 0 Å². The molecular formula is C15H15BrN2O2. The molecule has 1 atom stereocenters. The fourth-order valence-corrected chi connectivity index (χ4v) is 2.23. The van der Waals surface area contributed by atoms with Gasteiger partial charge in [-0.15, -0.1) is 0 Å². The SMILES string of the molecule is CC(Nc1c(N)cccc1C(=O)O)c1ccc(Br)cc1. The second-order valence-electron chi connectivity index (χ2n) is 4.49. The third-order valence-electron chi connectivity index (χ3n) is 3.06. The number of nitrogen functional groups attached to an aromatic ring is 1. The van der Waals surface area contributed by atoms with Crippen LogP contribution in [-0.4, -0.2) is 11.1 Å². The van der Waals surface area contributed by atoms with Gasteiger partial charge in [0.2, 0.25) is 0 Å². The number of carboxylic acid groups (broad SMARTS) is 1. The van der Waals surface area contributed by atoms with Crippen molar-refractivity contribution in [2.75, 3.05) is 11.1 Å². The molecule has 0 aliphatic rings. The van der Waals surface area contributed by atoms with Crippen LogP contribution in [0.5, 0.6) is 0 Å². The molecule has 20 heavy (non-hydrogen) atoms. The van der Waals surface area contributed by atoms with Crippen LogP contribution < -0.4 is 11.1 Å². The van der Waals surface area contributed by atoms with Gasteiger partial charge in [-0.05, 0) is 36.8 Å². The average molecular weight is 335 g/mol. The zero-order valence-corrected chi connectivity index (χ0v) is 12.5. The summed E-state index contributed by atoms with van der Waals surface area (Å²) < 4.78 is 0.999. The lowest BCUT2D eigenvalue weighted by Crippen LogP contribution is -2.12. The van der Waals surface area contributed by atoms with Crippen molar-refractivity contribution < 1.29 is 9.90 Å². The number of carboxylic acids is 1. The Labute approximate surface area is 125 Å². The number of hydrogen-bond acceptors (Lipinski definition) is 3. The molecule has 0 bridgehead atoms. The first-order chi connectivity index (χ1) is 9.49. The van der Waals surface area contributed by atoms with Crippen molar-refractivity contribution >= 4 is 33.3 Å². The smallest absolute Gasteiger partial charge is 0.337 e. The Balaban J connectivity index is 2.30. The minimum atomic E-state index is -0.997. The van der Waals surface area contributed by atoms with Gasteiger partial charge in [0, 0.05) is 10.5 Å². The van der Waals surface area contributed by atoms with E-state index in [9.17, 15) is 9.90 Å². The maximum Gasteiger partial charge on any atom is 0.337 e. The molecule has 0 saturated carbocycles. The van der Waals surface area contributed by atoms with Gasteiger partial charge in [0.05, 0.1) is 16.9 Å². The van der Waals surface area contributed by atoms with E-state index in [0.717, 1.165) is 10.0 Å². The van der Waals surface area contributed by atoms with Gasteiger partial charge < -0.3 is 16.2 Å². The van der Waals surface area contributed by atoms with Crippen molar-refractivity contribution in [3.63, 3.8) is 0 Å². The topological polar surface area (TPSA) is 75.3 Å². The number of benzene rings is 2. The summed E-state index contributed by atoms with van der Waals surface area (Å²) in [5, 5.41) is 12.4. The Morgan fingerprint density at radius 2 is 1.90 bits per heavy atom. The van der Waals surface area contributed by atoms with Gasteiger partial charge in [0.1, 0.15) is 0 Å². The largest absolute Gasteiger partial charge is 0.478 e. The van der Waals surface area contributed by atoms with Gasteiger partial charge in [-0.2, -0.15) is 0 Å². The summed E-state index contributed by atoms with van der Waals surface area (Å²) in [6.45, 7) is 1.96. The Morgan fingerprint density at radius 3 is 2.50 bits per heavy atom. The summed E-state index contributed by atoms with van der Waals surface area (Å²) in [6.07, 6.45) is 0. The molecule has 104 valence electrons. The van der Waals surface area contributed by atoms with Crippen LogP contribution in [0.3, 0.4) is 0 Å². The molecule has 0 saturated heterocycles. The van der Waals surface area contributed by atoms with Gasteiger partial charge >= 0.3 is 5.97 Å². The van der Waals surface area contributed by atoms with E-state index in [-0.39, 0.29) is 11.6 Å². The fraction of sp³-hybridized carbons (Fsp3) is 0.133. The normalized spacial score (nSPS) is 11.9. The molecule has 2 rings (SSSR count). The maximum absolute atomic E-state index is 11.2. The summed E-state index contributed by atoms with van der Waals surface area (Å²) in [6, 6.07) is 12.6. The number of nitrogens with two attached hydrogens (primary N) is 1. The Morgan fingerprint density at radius 1 is 1.25 bits per heavy atom. The summed E-state index contributed by atoms with van der Waals surface area (Å²) in [5.41, 5.74) is 7.98. The highest BCUT2D eigenvalue weighted by Crippen LogP contribution is 2.28. The molecule has 1 unspecified atom stereocenters. The average Bonchev–Trinajstić information content (AvgIpc) is 2.41. The van der Waals surface area contributed by atoms with Crippen LogP contribution in [0.25, 0.3) is 0 Å². The molecule has 4 N–H and O–H groups in total. The van der Waals surface area contributed by atoms with E-state index >= 15 is 0 Å². The van der Waals surface area contributed by atoms with E-state index in [0.29, 0.717) is 11.4 Å². The van der Waals surface area contributed by atoms with E-state index < -0.39 is 5.97 Å². The minimum absolute atomic E-state index is 0.0501. The van der Waals surface area contributed by atoms with E-state index in [4.69, 9.17) is 5.73 Å². The van der Waals surface area contributed by atoms with Crippen molar-refractivity contribution in [3.05, 3.63) is 58.1 Å². The van der Waals surface area contributed by atoms with Gasteiger partial charge in [-0.1, -0.05) is 34.1 Å². The van der Waals surface area contributed by atoms with Crippen LogP contribution in [0, 0.1) is 0 Å². The number of hydrogen-bond donors (Lipinski definition) is 3. The first-order valence-corrected chi connectivity index (χ1v) is 6.92. The standard InChI is InChI=1S/C15H15BrN2O2/c1-9(10-5-7-11(16)8-6-10)18-14-12(15(19)20)3-2-4-13(14)17/h2-9,18H,17H2,1H3,(H,19,20). The second kappa shape index (κ2) is 5.96. The van der Waals surface area contributed by atoms with Crippen LogP contribution in [-0.2, 0) is 0 Å². The Hall–Kier alpha value is -2.01. The fourth-order valence-electron chi connectivity index (χ4n) is 1.96. The molecular weight excluding hydrogens is 320 g/mol.